The highest BCUT2D eigenvalue weighted by molar-refractivity contribution is 7.89. The van der Waals surface area contributed by atoms with E-state index >= 15 is 0 Å². The Kier molecular flexibility index (Phi) is 7.20. The maximum Gasteiger partial charge on any atom is 0.251 e. The van der Waals surface area contributed by atoms with Gasteiger partial charge in [0.25, 0.3) is 5.91 Å². The molecule has 0 radical (unpaired) electrons. The van der Waals surface area contributed by atoms with E-state index in [4.69, 9.17) is 16.7 Å². The molecule has 0 atom stereocenters. The molecule has 2 amide bonds. The first-order valence-corrected chi connectivity index (χ1v) is 12.8. The summed E-state index contributed by atoms with van der Waals surface area (Å²) in [6, 6.07) is 14.5. The monoisotopic (exact) mass is 515 g/mol. The summed E-state index contributed by atoms with van der Waals surface area (Å²) < 4.78 is 39.0. The molecule has 0 aromatic heterocycles. The van der Waals surface area contributed by atoms with E-state index in [0.717, 1.165) is 18.9 Å². The second-order valence-corrected chi connectivity index (χ2v) is 10.4. The summed E-state index contributed by atoms with van der Waals surface area (Å²) in [6.07, 6.45) is 2.08. The van der Waals surface area contributed by atoms with E-state index in [1.807, 2.05) is 0 Å². The number of nitrogens with one attached hydrogen (secondary N) is 2. The predicted molar refractivity (Wildman–Crippen MR) is 132 cm³/mol. The lowest BCUT2D eigenvalue weighted by Crippen LogP contribution is -2.25. The van der Waals surface area contributed by atoms with Gasteiger partial charge in [0.05, 0.1) is 11.3 Å². The van der Waals surface area contributed by atoms with Crippen molar-refractivity contribution in [2.45, 2.75) is 24.2 Å². The van der Waals surface area contributed by atoms with Crippen molar-refractivity contribution in [1.82, 2.24) is 5.32 Å². The molecule has 7 nitrogen and oxygen atoms in total. The number of amides is 2. The minimum absolute atomic E-state index is 0.00354. The SMILES string of the molecule is NS(=O)(=O)c1cc(NC(=O)Cc2ccccc2Cl)cc(-c2cc(C(=O)NCC3CC3)ccc2F)c1. The number of carbonyl (C=O) groups is 2. The third-order valence-corrected chi connectivity index (χ3v) is 6.88. The van der Waals surface area contributed by atoms with Gasteiger partial charge in [-0.05, 0) is 72.4 Å². The van der Waals surface area contributed by atoms with Crippen LogP contribution in [0.3, 0.4) is 0 Å². The van der Waals surface area contributed by atoms with E-state index in [-0.39, 0.29) is 39.6 Å². The van der Waals surface area contributed by atoms with Gasteiger partial charge in [-0.15, -0.1) is 0 Å². The number of anilines is 1. The molecule has 1 saturated carbocycles. The maximum atomic E-state index is 14.8. The highest BCUT2D eigenvalue weighted by Gasteiger charge is 2.22. The quantitative estimate of drug-likeness (QED) is 0.418. The van der Waals surface area contributed by atoms with Gasteiger partial charge in [-0.1, -0.05) is 29.8 Å². The molecule has 1 aliphatic carbocycles. The van der Waals surface area contributed by atoms with E-state index < -0.39 is 21.7 Å². The van der Waals surface area contributed by atoms with E-state index in [9.17, 15) is 22.4 Å². The van der Waals surface area contributed by atoms with Crippen LogP contribution in [0.15, 0.2) is 65.6 Å². The Morgan fingerprint density at radius 2 is 1.80 bits per heavy atom. The Balaban J connectivity index is 1.65. The number of rotatable bonds is 8. The summed E-state index contributed by atoms with van der Waals surface area (Å²) in [4.78, 5) is 24.8. The minimum atomic E-state index is -4.18. The zero-order valence-electron chi connectivity index (χ0n) is 18.6. The fraction of sp³-hybridized carbons (Fsp3) is 0.200. The van der Waals surface area contributed by atoms with Crippen LogP contribution in [0.1, 0.15) is 28.8 Å². The molecule has 4 rings (SSSR count). The van der Waals surface area contributed by atoms with Gasteiger partial charge in [-0.25, -0.2) is 17.9 Å². The molecule has 35 heavy (non-hydrogen) atoms. The van der Waals surface area contributed by atoms with Crippen molar-refractivity contribution < 1.29 is 22.4 Å². The van der Waals surface area contributed by atoms with Crippen LogP contribution in [0.4, 0.5) is 10.1 Å². The van der Waals surface area contributed by atoms with Crippen molar-refractivity contribution in [3.63, 3.8) is 0 Å². The summed E-state index contributed by atoms with van der Waals surface area (Å²) in [5.41, 5.74) is 1.06. The first-order chi connectivity index (χ1) is 16.6. The van der Waals surface area contributed by atoms with E-state index in [1.54, 1.807) is 24.3 Å². The van der Waals surface area contributed by atoms with Crippen molar-refractivity contribution in [3.8, 4) is 11.1 Å². The minimum Gasteiger partial charge on any atom is -0.352 e. The number of carbonyl (C=O) groups excluding carboxylic acids is 2. The predicted octanol–water partition coefficient (Wildman–Crippen LogP) is 4.11. The normalized spacial score (nSPS) is 13.3. The zero-order chi connectivity index (χ0) is 25.2. The van der Waals surface area contributed by atoms with Crippen LogP contribution in [-0.2, 0) is 21.2 Å². The van der Waals surface area contributed by atoms with Crippen LogP contribution in [-0.4, -0.2) is 26.8 Å². The molecule has 4 N–H and O–H groups in total. The number of benzene rings is 3. The molecule has 10 heteroatoms. The fourth-order valence-electron chi connectivity index (χ4n) is 3.56. The molecule has 0 heterocycles. The molecule has 0 bridgehead atoms. The Morgan fingerprint density at radius 1 is 1.06 bits per heavy atom. The van der Waals surface area contributed by atoms with Gasteiger partial charge in [-0.3, -0.25) is 9.59 Å². The van der Waals surface area contributed by atoms with Crippen LogP contribution in [0, 0.1) is 11.7 Å². The second-order valence-electron chi connectivity index (χ2n) is 8.46. The van der Waals surface area contributed by atoms with E-state index in [1.165, 1.54) is 30.3 Å². The molecule has 0 unspecified atom stereocenters. The van der Waals surface area contributed by atoms with E-state index in [0.29, 0.717) is 23.0 Å². The van der Waals surface area contributed by atoms with Crippen molar-refractivity contribution in [2.75, 3.05) is 11.9 Å². The van der Waals surface area contributed by atoms with Gasteiger partial charge in [0.1, 0.15) is 5.82 Å². The second kappa shape index (κ2) is 10.2. The Hall–Kier alpha value is -3.27. The number of hydrogen-bond acceptors (Lipinski definition) is 4. The molecule has 1 aliphatic rings. The summed E-state index contributed by atoms with van der Waals surface area (Å²) in [5.74, 6) is -0.996. The van der Waals surface area contributed by atoms with Gasteiger partial charge < -0.3 is 10.6 Å². The molecule has 0 saturated heterocycles. The Labute approximate surface area is 207 Å². The average molecular weight is 516 g/mol. The number of primary sulfonamides is 1. The largest absolute Gasteiger partial charge is 0.352 e. The van der Waals surface area contributed by atoms with Crippen LogP contribution in [0.25, 0.3) is 11.1 Å². The molecule has 3 aromatic carbocycles. The van der Waals surface area contributed by atoms with Crippen LogP contribution >= 0.6 is 11.6 Å². The summed E-state index contributed by atoms with van der Waals surface area (Å²) in [6.45, 7) is 0.550. The third-order valence-electron chi connectivity index (χ3n) is 5.62. The lowest BCUT2D eigenvalue weighted by molar-refractivity contribution is -0.115. The number of halogens is 2. The molecule has 182 valence electrons. The molecular weight excluding hydrogens is 493 g/mol. The van der Waals surface area contributed by atoms with Gasteiger partial charge in [-0.2, -0.15) is 0 Å². The first kappa shape index (κ1) is 24.8. The van der Waals surface area contributed by atoms with Crippen molar-refractivity contribution in [3.05, 3.63) is 82.6 Å². The topological polar surface area (TPSA) is 118 Å². The standard InChI is InChI=1S/C25H23ClFN3O4S/c26-22-4-2-1-3-16(22)12-24(31)30-19-9-18(10-20(13-19)35(28,33)34)21-11-17(7-8-23(21)27)25(32)29-14-15-5-6-15/h1-4,7-11,13,15H,5-6,12,14H2,(H,29,32)(H,30,31)(H2,28,33,34). The molecule has 1 fully saturated rings. The van der Waals surface area contributed by atoms with E-state index in [2.05, 4.69) is 10.6 Å². The third kappa shape index (κ3) is 6.45. The molecule has 0 spiro atoms. The van der Waals surface area contributed by atoms with Crippen LogP contribution in [0.2, 0.25) is 5.02 Å². The lowest BCUT2D eigenvalue weighted by Gasteiger charge is -2.13. The number of nitrogens with two attached hydrogens (primary N) is 1. The number of sulfonamides is 1. The summed E-state index contributed by atoms with van der Waals surface area (Å²) in [7, 11) is -4.18. The highest BCUT2D eigenvalue weighted by atomic mass is 35.5. The average Bonchev–Trinajstić information content (AvgIpc) is 3.63. The van der Waals surface area contributed by atoms with Gasteiger partial charge in [0.15, 0.2) is 0 Å². The van der Waals surface area contributed by atoms with Crippen LogP contribution in [0.5, 0.6) is 0 Å². The lowest BCUT2D eigenvalue weighted by atomic mass is 10.0. The van der Waals surface area contributed by atoms with Gasteiger partial charge in [0, 0.05) is 28.4 Å². The zero-order valence-corrected chi connectivity index (χ0v) is 20.1. The summed E-state index contributed by atoms with van der Waals surface area (Å²) >= 11 is 6.11. The van der Waals surface area contributed by atoms with Gasteiger partial charge in [0.2, 0.25) is 15.9 Å². The van der Waals surface area contributed by atoms with Crippen molar-refractivity contribution >= 4 is 39.1 Å². The van der Waals surface area contributed by atoms with Crippen LogP contribution < -0.4 is 15.8 Å². The fourth-order valence-corrected chi connectivity index (χ4v) is 4.34. The van der Waals surface area contributed by atoms with Gasteiger partial charge >= 0.3 is 0 Å². The first-order valence-electron chi connectivity index (χ1n) is 10.9. The van der Waals surface area contributed by atoms with Crippen molar-refractivity contribution in [2.24, 2.45) is 11.1 Å². The molecular formula is C25H23ClFN3O4S. The smallest absolute Gasteiger partial charge is 0.251 e. The summed E-state index contributed by atoms with van der Waals surface area (Å²) in [5, 5.41) is 11.2. The Bertz CT molecular complexity index is 1410. The molecule has 0 aliphatic heterocycles. The number of hydrogen-bond donors (Lipinski definition) is 3. The Morgan fingerprint density at radius 3 is 2.49 bits per heavy atom. The van der Waals surface area contributed by atoms with Crippen molar-refractivity contribution in [1.29, 1.82) is 0 Å². The molecule has 3 aromatic rings. The maximum absolute atomic E-state index is 14.8. The highest BCUT2D eigenvalue weighted by Crippen LogP contribution is 2.30.